The lowest BCUT2D eigenvalue weighted by molar-refractivity contribution is 0.346. The van der Waals surface area contributed by atoms with Crippen LogP contribution in [0.4, 0.5) is 10.1 Å². The SMILES string of the molecule is C=CCN(C1CCCC1)S(=O)(=O)c1cc(N)c(Br)cc1F. The van der Waals surface area contributed by atoms with Crippen molar-refractivity contribution in [2.45, 2.75) is 36.6 Å². The van der Waals surface area contributed by atoms with Gasteiger partial charge in [-0.25, -0.2) is 12.8 Å². The van der Waals surface area contributed by atoms with Crippen molar-refractivity contribution < 1.29 is 12.8 Å². The average Bonchev–Trinajstić information content (AvgIpc) is 2.93. The van der Waals surface area contributed by atoms with Crippen molar-refractivity contribution in [2.24, 2.45) is 0 Å². The lowest BCUT2D eigenvalue weighted by atomic mass is 10.2. The lowest BCUT2D eigenvalue weighted by Gasteiger charge is -2.27. The van der Waals surface area contributed by atoms with Crippen LogP contribution < -0.4 is 5.73 Å². The molecule has 1 aliphatic rings. The molecule has 0 aliphatic heterocycles. The minimum atomic E-state index is -3.93. The van der Waals surface area contributed by atoms with Gasteiger partial charge in [0.1, 0.15) is 10.7 Å². The van der Waals surface area contributed by atoms with Gasteiger partial charge in [-0.1, -0.05) is 18.9 Å². The van der Waals surface area contributed by atoms with E-state index in [9.17, 15) is 12.8 Å². The lowest BCUT2D eigenvalue weighted by Crippen LogP contribution is -2.39. The third-order valence-corrected chi connectivity index (χ3v) is 6.30. The monoisotopic (exact) mass is 376 g/mol. The summed E-state index contributed by atoms with van der Waals surface area (Å²) < 4.78 is 41.3. The predicted molar refractivity (Wildman–Crippen MR) is 84.9 cm³/mol. The Kier molecular flexibility index (Phi) is 5.06. The molecule has 0 aromatic heterocycles. The van der Waals surface area contributed by atoms with Crippen LogP contribution in [0, 0.1) is 5.82 Å². The fourth-order valence-corrected chi connectivity index (χ4v) is 4.69. The molecular formula is C14H18BrFN2O2S. The smallest absolute Gasteiger partial charge is 0.246 e. The van der Waals surface area contributed by atoms with Crippen molar-refractivity contribution in [2.75, 3.05) is 12.3 Å². The van der Waals surface area contributed by atoms with Gasteiger partial charge in [-0.15, -0.1) is 6.58 Å². The molecule has 2 N–H and O–H groups in total. The number of halogens is 2. The highest BCUT2D eigenvalue weighted by molar-refractivity contribution is 9.10. The van der Waals surface area contributed by atoms with Gasteiger partial charge in [-0.3, -0.25) is 0 Å². The van der Waals surface area contributed by atoms with Gasteiger partial charge in [0, 0.05) is 22.7 Å². The van der Waals surface area contributed by atoms with E-state index in [1.807, 2.05) is 0 Å². The van der Waals surface area contributed by atoms with E-state index in [0.717, 1.165) is 31.7 Å². The first-order valence-electron chi connectivity index (χ1n) is 6.75. The van der Waals surface area contributed by atoms with E-state index in [1.165, 1.54) is 16.4 Å². The summed E-state index contributed by atoms with van der Waals surface area (Å²) in [6.45, 7) is 3.77. The van der Waals surface area contributed by atoms with Crippen molar-refractivity contribution in [1.82, 2.24) is 4.31 Å². The molecule has 0 spiro atoms. The van der Waals surface area contributed by atoms with Crippen LogP contribution in [-0.2, 0) is 10.0 Å². The molecule has 0 amide bonds. The zero-order chi connectivity index (χ0) is 15.6. The van der Waals surface area contributed by atoms with Gasteiger partial charge in [0.15, 0.2) is 0 Å². The van der Waals surface area contributed by atoms with E-state index in [0.29, 0.717) is 4.47 Å². The molecule has 2 rings (SSSR count). The molecular weight excluding hydrogens is 359 g/mol. The molecule has 0 saturated heterocycles. The summed E-state index contributed by atoms with van der Waals surface area (Å²) in [5.41, 5.74) is 5.89. The van der Waals surface area contributed by atoms with Crippen LogP contribution in [0.5, 0.6) is 0 Å². The summed E-state index contributed by atoms with van der Waals surface area (Å²) in [5.74, 6) is -0.803. The summed E-state index contributed by atoms with van der Waals surface area (Å²) in [4.78, 5) is -0.378. The van der Waals surface area contributed by atoms with E-state index < -0.39 is 15.8 Å². The van der Waals surface area contributed by atoms with Gasteiger partial charge in [0.2, 0.25) is 10.0 Å². The fourth-order valence-electron chi connectivity index (χ4n) is 2.63. The molecule has 0 atom stereocenters. The van der Waals surface area contributed by atoms with Crippen molar-refractivity contribution >= 4 is 31.6 Å². The highest BCUT2D eigenvalue weighted by Crippen LogP contribution is 2.32. The van der Waals surface area contributed by atoms with Crippen molar-refractivity contribution in [3.63, 3.8) is 0 Å². The molecule has 0 bridgehead atoms. The number of benzene rings is 1. The van der Waals surface area contributed by atoms with Crippen LogP contribution >= 0.6 is 15.9 Å². The minimum Gasteiger partial charge on any atom is -0.398 e. The van der Waals surface area contributed by atoms with Crippen LogP contribution in [0.3, 0.4) is 0 Å². The first-order chi connectivity index (χ1) is 9.87. The van der Waals surface area contributed by atoms with Crippen molar-refractivity contribution in [3.8, 4) is 0 Å². The Morgan fingerprint density at radius 1 is 1.43 bits per heavy atom. The zero-order valence-electron chi connectivity index (χ0n) is 11.6. The molecule has 0 heterocycles. The Morgan fingerprint density at radius 3 is 2.62 bits per heavy atom. The van der Waals surface area contributed by atoms with E-state index in [2.05, 4.69) is 22.5 Å². The summed E-state index contributed by atoms with van der Waals surface area (Å²) >= 11 is 3.09. The maximum Gasteiger partial charge on any atom is 0.246 e. The summed E-state index contributed by atoms with van der Waals surface area (Å²) in [6, 6.07) is 2.15. The normalized spacial score (nSPS) is 16.5. The summed E-state index contributed by atoms with van der Waals surface area (Å²) in [6.07, 6.45) is 5.08. The van der Waals surface area contributed by atoms with Gasteiger partial charge in [0.05, 0.1) is 0 Å². The highest BCUT2D eigenvalue weighted by atomic mass is 79.9. The number of anilines is 1. The van der Waals surface area contributed by atoms with Gasteiger partial charge in [-0.2, -0.15) is 4.31 Å². The first-order valence-corrected chi connectivity index (χ1v) is 8.98. The number of sulfonamides is 1. The molecule has 7 heteroatoms. The van der Waals surface area contributed by atoms with Crippen LogP contribution in [0.1, 0.15) is 25.7 Å². The van der Waals surface area contributed by atoms with Gasteiger partial charge in [-0.05, 0) is 40.9 Å². The molecule has 0 radical (unpaired) electrons. The zero-order valence-corrected chi connectivity index (χ0v) is 14.0. The second-order valence-corrected chi connectivity index (χ2v) is 7.82. The molecule has 1 fully saturated rings. The number of rotatable bonds is 5. The number of nitrogens with two attached hydrogens (primary N) is 1. The van der Waals surface area contributed by atoms with E-state index >= 15 is 0 Å². The number of nitrogen functional groups attached to an aromatic ring is 1. The number of nitrogens with zero attached hydrogens (tertiary/aromatic N) is 1. The number of hydrogen-bond donors (Lipinski definition) is 1. The molecule has 116 valence electrons. The maximum atomic E-state index is 14.1. The molecule has 1 aromatic carbocycles. The Bertz CT molecular complexity index is 643. The Hall–Kier alpha value is -0.920. The Balaban J connectivity index is 2.47. The largest absolute Gasteiger partial charge is 0.398 e. The van der Waals surface area contributed by atoms with Crippen LogP contribution in [-0.4, -0.2) is 25.3 Å². The van der Waals surface area contributed by atoms with Crippen molar-refractivity contribution in [3.05, 3.63) is 35.1 Å². The molecule has 4 nitrogen and oxygen atoms in total. The minimum absolute atomic E-state index is 0.0997. The number of hydrogen-bond acceptors (Lipinski definition) is 3. The van der Waals surface area contributed by atoms with E-state index in [4.69, 9.17) is 5.73 Å². The third kappa shape index (κ3) is 3.30. The maximum absolute atomic E-state index is 14.1. The summed E-state index contributed by atoms with van der Waals surface area (Å²) in [7, 11) is -3.93. The van der Waals surface area contributed by atoms with Gasteiger partial charge >= 0.3 is 0 Å². The molecule has 1 saturated carbocycles. The third-order valence-electron chi connectivity index (χ3n) is 3.68. The van der Waals surface area contributed by atoms with Crippen LogP contribution in [0.25, 0.3) is 0 Å². The van der Waals surface area contributed by atoms with E-state index in [1.54, 1.807) is 0 Å². The van der Waals surface area contributed by atoms with Gasteiger partial charge < -0.3 is 5.73 Å². The standard InChI is InChI=1S/C14H18BrFN2O2S/c1-2-7-18(10-5-3-4-6-10)21(19,20)14-9-13(17)11(15)8-12(14)16/h2,8-10H,1,3-7,17H2. The highest BCUT2D eigenvalue weighted by Gasteiger charge is 2.34. The predicted octanol–water partition coefficient (Wildman–Crippen LogP) is 3.29. The molecule has 21 heavy (non-hydrogen) atoms. The Labute approximate surface area is 133 Å². The second-order valence-electron chi connectivity index (χ2n) is 5.11. The first kappa shape index (κ1) is 16.5. The summed E-state index contributed by atoms with van der Waals surface area (Å²) in [5, 5.41) is 0. The quantitative estimate of drug-likeness (QED) is 0.633. The fraction of sp³-hybridized carbons (Fsp3) is 0.429. The van der Waals surface area contributed by atoms with Crippen LogP contribution in [0.2, 0.25) is 0 Å². The molecule has 1 aliphatic carbocycles. The van der Waals surface area contributed by atoms with Crippen molar-refractivity contribution in [1.29, 1.82) is 0 Å². The molecule has 1 aromatic rings. The van der Waals surface area contributed by atoms with E-state index in [-0.39, 0.29) is 23.2 Å². The van der Waals surface area contributed by atoms with Gasteiger partial charge in [0.25, 0.3) is 0 Å². The second kappa shape index (κ2) is 6.46. The van der Waals surface area contributed by atoms with Crippen LogP contribution in [0.15, 0.2) is 34.2 Å². The topological polar surface area (TPSA) is 63.4 Å². The average molecular weight is 377 g/mol. The Morgan fingerprint density at radius 2 is 2.05 bits per heavy atom. The molecule has 0 unspecified atom stereocenters.